The van der Waals surface area contributed by atoms with E-state index >= 15 is 0 Å². The van der Waals surface area contributed by atoms with Crippen molar-refractivity contribution in [2.45, 2.75) is 11.8 Å². The van der Waals surface area contributed by atoms with Gasteiger partial charge in [0.25, 0.3) is 10.0 Å². The Hall–Kier alpha value is -1.37. The van der Waals surface area contributed by atoms with Crippen LogP contribution < -0.4 is 0 Å². The molecular weight excluding hydrogens is 376 g/mol. The van der Waals surface area contributed by atoms with Gasteiger partial charge in [-0.2, -0.15) is 0 Å². The number of aryl methyl sites for hydroxylation is 1. The predicted octanol–water partition coefficient (Wildman–Crippen LogP) is 4.00. The van der Waals surface area contributed by atoms with Gasteiger partial charge in [-0.1, -0.05) is 29.8 Å². The number of hydrogen-bond acceptors (Lipinski definition) is 3. The second-order valence-corrected chi connectivity index (χ2v) is 7.55. The molecule has 0 radical (unpaired) electrons. The third kappa shape index (κ3) is 2.37. The molecule has 1 aromatic carbocycles. The van der Waals surface area contributed by atoms with Crippen molar-refractivity contribution >= 4 is 48.6 Å². The van der Waals surface area contributed by atoms with Crippen molar-refractivity contribution in [3.05, 3.63) is 57.8 Å². The maximum absolute atomic E-state index is 12.8. The molecule has 0 atom stereocenters. The number of rotatable bonds is 2. The smallest absolute Gasteiger partial charge is 0.224 e. The van der Waals surface area contributed by atoms with Crippen molar-refractivity contribution in [3.8, 4) is 0 Å². The highest BCUT2D eigenvalue weighted by Gasteiger charge is 2.22. The highest BCUT2D eigenvalue weighted by molar-refractivity contribution is 9.10. The van der Waals surface area contributed by atoms with Crippen molar-refractivity contribution in [2.24, 2.45) is 0 Å². The third-order valence-electron chi connectivity index (χ3n) is 3.17. The van der Waals surface area contributed by atoms with Gasteiger partial charge in [-0.15, -0.1) is 0 Å². The predicted molar refractivity (Wildman–Crippen MR) is 86.2 cm³/mol. The van der Waals surface area contributed by atoms with Gasteiger partial charge in [0.2, 0.25) is 0 Å². The van der Waals surface area contributed by atoms with E-state index < -0.39 is 10.0 Å². The minimum Gasteiger partial charge on any atom is -0.224 e. The van der Waals surface area contributed by atoms with Crippen molar-refractivity contribution in [2.75, 3.05) is 0 Å². The first kappa shape index (κ1) is 14.6. The summed E-state index contributed by atoms with van der Waals surface area (Å²) in [5.41, 5.74) is 0.984. The van der Waals surface area contributed by atoms with Gasteiger partial charge in [0.1, 0.15) is 4.60 Å². The fraction of sp³-hybridized carbons (Fsp3) is 0.0714. The van der Waals surface area contributed by atoms with E-state index in [-0.39, 0.29) is 4.90 Å². The molecule has 0 N–H and O–H groups in total. The second-order valence-electron chi connectivity index (χ2n) is 4.55. The molecule has 0 aliphatic carbocycles. The van der Waals surface area contributed by atoms with E-state index in [0.717, 1.165) is 3.97 Å². The SMILES string of the molecule is Cc1ccccc1S(=O)(=O)n1ccc2c(Cl)cc(Br)nc21. The highest BCUT2D eigenvalue weighted by atomic mass is 79.9. The molecule has 2 heterocycles. The maximum atomic E-state index is 12.8. The average Bonchev–Trinajstić information content (AvgIpc) is 2.83. The zero-order valence-electron chi connectivity index (χ0n) is 10.9. The van der Waals surface area contributed by atoms with Gasteiger partial charge in [0.05, 0.1) is 9.92 Å². The lowest BCUT2D eigenvalue weighted by molar-refractivity contribution is 0.588. The van der Waals surface area contributed by atoms with Crippen LogP contribution in [0, 0.1) is 6.92 Å². The summed E-state index contributed by atoms with van der Waals surface area (Å²) in [5, 5.41) is 1.04. The van der Waals surface area contributed by atoms with Gasteiger partial charge in [0.15, 0.2) is 5.65 Å². The lowest BCUT2D eigenvalue weighted by atomic mass is 10.2. The molecule has 0 spiro atoms. The number of hydrogen-bond donors (Lipinski definition) is 0. The van der Waals surface area contributed by atoms with Gasteiger partial charge in [-0.05, 0) is 46.6 Å². The summed E-state index contributed by atoms with van der Waals surface area (Å²) in [6.07, 6.45) is 1.47. The van der Waals surface area contributed by atoms with Crippen molar-refractivity contribution in [1.29, 1.82) is 0 Å². The molecule has 0 saturated carbocycles. The number of pyridine rings is 1. The zero-order valence-corrected chi connectivity index (χ0v) is 14.1. The number of benzene rings is 1. The summed E-state index contributed by atoms with van der Waals surface area (Å²) in [6.45, 7) is 1.76. The Kier molecular flexibility index (Phi) is 3.55. The first-order valence-electron chi connectivity index (χ1n) is 6.05. The van der Waals surface area contributed by atoms with Gasteiger partial charge < -0.3 is 0 Å². The molecule has 3 aromatic rings. The molecule has 0 saturated heterocycles. The standard InChI is InChI=1S/C14H10BrClN2O2S/c1-9-4-2-3-5-12(9)21(19,20)18-7-6-10-11(16)8-13(15)17-14(10)18/h2-8H,1H3. The normalized spacial score (nSPS) is 12.0. The van der Waals surface area contributed by atoms with E-state index in [1.165, 1.54) is 6.20 Å². The first-order chi connectivity index (χ1) is 9.91. The summed E-state index contributed by atoms with van der Waals surface area (Å²) in [7, 11) is -3.71. The minimum absolute atomic E-state index is 0.250. The van der Waals surface area contributed by atoms with Gasteiger partial charge in [-0.25, -0.2) is 17.4 Å². The monoisotopic (exact) mass is 384 g/mol. The Morgan fingerprint density at radius 1 is 1.24 bits per heavy atom. The fourth-order valence-corrected chi connectivity index (χ4v) is 4.47. The molecule has 7 heteroatoms. The van der Waals surface area contributed by atoms with Crippen LogP contribution in [0.25, 0.3) is 11.0 Å². The lowest BCUT2D eigenvalue weighted by Gasteiger charge is -2.09. The number of fused-ring (bicyclic) bond motifs is 1. The molecule has 108 valence electrons. The number of aromatic nitrogens is 2. The summed E-state index contributed by atoms with van der Waals surface area (Å²) < 4.78 is 27.3. The summed E-state index contributed by atoms with van der Waals surface area (Å²) >= 11 is 9.36. The van der Waals surface area contributed by atoms with Crippen LogP contribution in [-0.2, 0) is 10.0 Å². The molecular formula is C14H10BrClN2O2S. The van der Waals surface area contributed by atoms with Crippen LogP contribution in [0.15, 0.2) is 52.1 Å². The Balaban J connectivity index is 2.33. The molecule has 0 aliphatic rings. The molecule has 21 heavy (non-hydrogen) atoms. The van der Waals surface area contributed by atoms with Crippen molar-refractivity contribution in [1.82, 2.24) is 8.96 Å². The van der Waals surface area contributed by atoms with E-state index in [1.807, 2.05) is 0 Å². The van der Waals surface area contributed by atoms with Crippen LogP contribution in [-0.4, -0.2) is 17.4 Å². The van der Waals surface area contributed by atoms with Gasteiger partial charge in [0, 0.05) is 11.6 Å². The third-order valence-corrected chi connectivity index (χ3v) is 5.72. The molecule has 0 aliphatic heterocycles. The van der Waals surface area contributed by atoms with Crippen LogP contribution in [0.4, 0.5) is 0 Å². The summed E-state index contributed by atoms with van der Waals surface area (Å²) in [5.74, 6) is 0. The fourth-order valence-electron chi connectivity index (χ4n) is 2.16. The molecule has 0 amide bonds. The van der Waals surface area contributed by atoms with E-state index in [0.29, 0.717) is 26.2 Å². The highest BCUT2D eigenvalue weighted by Crippen LogP contribution is 2.29. The number of halogens is 2. The second kappa shape index (κ2) is 5.12. The number of nitrogens with zero attached hydrogens (tertiary/aromatic N) is 2. The summed E-state index contributed by atoms with van der Waals surface area (Å²) in [6, 6.07) is 10.1. The van der Waals surface area contributed by atoms with Crippen LogP contribution >= 0.6 is 27.5 Å². The Morgan fingerprint density at radius 2 is 1.95 bits per heavy atom. The van der Waals surface area contributed by atoms with Gasteiger partial charge >= 0.3 is 0 Å². The van der Waals surface area contributed by atoms with Crippen molar-refractivity contribution in [3.63, 3.8) is 0 Å². The van der Waals surface area contributed by atoms with E-state index in [9.17, 15) is 8.42 Å². The summed E-state index contributed by atoms with van der Waals surface area (Å²) in [4.78, 5) is 4.48. The molecule has 4 nitrogen and oxygen atoms in total. The molecule has 3 rings (SSSR count). The lowest BCUT2D eigenvalue weighted by Crippen LogP contribution is -2.13. The topological polar surface area (TPSA) is 52.0 Å². The zero-order chi connectivity index (χ0) is 15.2. The van der Waals surface area contributed by atoms with E-state index in [2.05, 4.69) is 20.9 Å². The van der Waals surface area contributed by atoms with E-state index in [4.69, 9.17) is 11.6 Å². The average molecular weight is 386 g/mol. The Morgan fingerprint density at radius 3 is 2.67 bits per heavy atom. The van der Waals surface area contributed by atoms with Crippen LogP contribution in [0.3, 0.4) is 0 Å². The largest absolute Gasteiger partial charge is 0.269 e. The maximum Gasteiger partial charge on any atom is 0.269 e. The first-order valence-corrected chi connectivity index (χ1v) is 8.66. The molecule has 0 fully saturated rings. The molecule has 2 aromatic heterocycles. The van der Waals surface area contributed by atoms with Gasteiger partial charge in [-0.3, -0.25) is 0 Å². The molecule has 0 unspecified atom stereocenters. The van der Waals surface area contributed by atoms with Crippen LogP contribution in [0.5, 0.6) is 0 Å². The van der Waals surface area contributed by atoms with Crippen LogP contribution in [0.2, 0.25) is 5.02 Å². The molecule has 0 bridgehead atoms. The van der Waals surface area contributed by atoms with Crippen molar-refractivity contribution < 1.29 is 8.42 Å². The Bertz CT molecular complexity index is 951. The Labute approximate surface area is 135 Å². The quantitative estimate of drug-likeness (QED) is 0.627. The van der Waals surface area contributed by atoms with E-state index in [1.54, 1.807) is 43.3 Å². The minimum atomic E-state index is -3.71. The van der Waals surface area contributed by atoms with Crippen LogP contribution in [0.1, 0.15) is 5.56 Å².